The van der Waals surface area contributed by atoms with Gasteiger partial charge in [-0.1, -0.05) is 6.92 Å². The highest BCUT2D eigenvalue weighted by atomic mass is 15.4. The Morgan fingerprint density at radius 2 is 2.29 bits per heavy atom. The van der Waals surface area contributed by atoms with Gasteiger partial charge in [-0.15, -0.1) is 0 Å². The molecule has 0 heterocycles. The lowest BCUT2D eigenvalue weighted by Gasteiger charge is -2.09. The van der Waals surface area contributed by atoms with E-state index in [0.717, 1.165) is 0 Å². The summed E-state index contributed by atoms with van der Waals surface area (Å²) in [7, 11) is 0. The first-order valence-corrected chi connectivity index (χ1v) is 2.32. The Hall–Kier alpha value is -0.550. The fraction of sp³-hybridized carbons (Fsp3) is 0.800. The Morgan fingerprint density at radius 1 is 1.86 bits per heavy atom. The van der Waals surface area contributed by atoms with E-state index in [0.29, 0.717) is 6.42 Å². The van der Waals surface area contributed by atoms with Crippen LogP contribution in [0.4, 0.5) is 0 Å². The summed E-state index contributed by atoms with van der Waals surface area (Å²) in [4.78, 5) is 0. The van der Waals surface area contributed by atoms with E-state index in [2.05, 4.69) is 0 Å². The zero-order valence-electron chi connectivity index (χ0n) is 4.73. The zero-order chi connectivity index (χ0) is 5.91. The Kier molecular flexibility index (Phi) is 1.79. The Balaban J connectivity index is 3.66. The second-order valence-corrected chi connectivity index (χ2v) is 1.88. The molecule has 2 N–H and O–H groups in total. The summed E-state index contributed by atoms with van der Waals surface area (Å²) in [5.41, 5.74) is 4.74. The minimum Gasteiger partial charge on any atom is -0.314 e. The predicted molar refractivity (Wildman–Crippen MR) is 28.5 cm³/mol. The SMILES string of the molecule is CCC(C)([15NH2])C#N. The molecule has 0 fully saturated rings. The summed E-state index contributed by atoms with van der Waals surface area (Å²) < 4.78 is 0. The van der Waals surface area contributed by atoms with E-state index in [1.807, 2.05) is 13.0 Å². The molecule has 7 heavy (non-hydrogen) atoms. The van der Waals surface area contributed by atoms with Crippen molar-refractivity contribution in [3.63, 3.8) is 0 Å². The molecule has 0 radical (unpaired) electrons. The highest BCUT2D eigenvalue weighted by Gasteiger charge is 2.11. The molecule has 40 valence electrons. The van der Waals surface area contributed by atoms with E-state index in [9.17, 15) is 0 Å². The van der Waals surface area contributed by atoms with Gasteiger partial charge in [-0.25, -0.2) is 0 Å². The molecular weight excluding hydrogens is 89.1 g/mol. The molecule has 0 spiro atoms. The van der Waals surface area contributed by atoms with Crippen molar-refractivity contribution >= 4 is 0 Å². The van der Waals surface area contributed by atoms with Crippen molar-refractivity contribution in [3.05, 3.63) is 0 Å². The van der Waals surface area contributed by atoms with Crippen LogP contribution in [0.1, 0.15) is 20.3 Å². The molecule has 0 aliphatic heterocycles. The van der Waals surface area contributed by atoms with E-state index >= 15 is 0 Å². The maximum atomic E-state index is 8.22. The molecule has 2 heteroatoms. The van der Waals surface area contributed by atoms with Crippen LogP contribution in [0.3, 0.4) is 0 Å². The molecular formula is C5H10N2. The summed E-state index contributed by atoms with van der Waals surface area (Å²) in [6.45, 7) is 3.61. The van der Waals surface area contributed by atoms with Crippen molar-refractivity contribution in [2.45, 2.75) is 25.8 Å². The molecule has 0 rings (SSSR count). The number of hydrogen-bond acceptors (Lipinski definition) is 2. The molecule has 0 saturated carbocycles. The average molecular weight is 99.1 g/mol. The third-order valence-electron chi connectivity index (χ3n) is 0.990. The van der Waals surface area contributed by atoms with Crippen LogP contribution in [-0.2, 0) is 0 Å². The van der Waals surface area contributed by atoms with Gasteiger partial charge in [0.2, 0.25) is 0 Å². The van der Waals surface area contributed by atoms with E-state index in [4.69, 9.17) is 11.0 Å². The van der Waals surface area contributed by atoms with Crippen LogP contribution < -0.4 is 5.73 Å². The molecule has 0 aromatic carbocycles. The summed E-state index contributed by atoms with van der Waals surface area (Å²) in [5.74, 6) is 0. The van der Waals surface area contributed by atoms with E-state index in [1.54, 1.807) is 6.92 Å². The smallest absolute Gasteiger partial charge is 0.101 e. The monoisotopic (exact) mass is 99.1 g/mol. The maximum absolute atomic E-state index is 8.22. The summed E-state index contributed by atoms with van der Waals surface area (Å²) in [6, 6.07) is 1.97. The van der Waals surface area contributed by atoms with E-state index < -0.39 is 5.54 Å². The Bertz CT molecular complexity index is 88.7. The minimum atomic E-state index is -0.611. The molecule has 1 atom stereocenters. The lowest BCUT2D eigenvalue weighted by atomic mass is 10.1. The minimum absolute atomic E-state index is 0.611. The summed E-state index contributed by atoms with van der Waals surface area (Å²) in [6.07, 6.45) is 0.712. The third-order valence-corrected chi connectivity index (χ3v) is 0.990. The summed E-state index contributed by atoms with van der Waals surface area (Å²) in [5, 5.41) is 8.22. The first-order valence-electron chi connectivity index (χ1n) is 2.32. The molecule has 0 saturated heterocycles. The van der Waals surface area contributed by atoms with Gasteiger partial charge in [0.25, 0.3) is 0 Å². The van der Waals surface area contributed by atoms with Gasteiger partial charge in [0.05, 0.1) is 6.07 Å². The van der Waals surface area contributed by atoms with Crippen LogP contribution in [-0.4, -0.2) is 5.54 Å². The van der Waals surface area contributed by atoms with Gasteiger partial charge >= 0.3 is 0 Å². The van der Waals surface area contributed by atoms with Crippen molar-refractivity contribution in [3.8, 4) is 6.07 Å². The van der Waals surface area contributed by atoms with Crippen molar-refractivity contribution in [2.75, 3.05) is 0 Å². The van der Waals surface area contributed by atoms with Crippen molar-refractivity contribution in [1.82, 2.24) is 0 Å². The number of nitrogens with two attached hydrogens (primary N) is 1. The Labute approximate surface area is 43.9 Å². The number of rotatable bonds is 1. The van der Waals surface area contributed by atoms with Crippen LogP contribution in [0.5, 0.6) is 0 Å². The van der Waals surface area contributed by atoms with Gasteiger partial charge in [0.15, 0.2) is 0 Å². The predicted octanol–water partition coefficient (Wildman–Crippen LogP) is 0.637. The van der Waals surface area contributed by atoms with Gasteiger partial charge in [-0.2, -0.15) is 5.26 Å². The topological polar surface area (TPSA) is 49.8 Å². The fourth-order valence-corrected chi connectivity index (χ4v) is 0.0791. The molecule has 1 unspecified atom stereocenters. The van der Waals surface area contributed by atoms with Gasteiger partial charge in [-0.3, -0.25) is 0 Å². The molecule has 0 bridgehead atoms. The van der Waals surface area contributed by atoms with Gasteiger partial charge in [0.1, 0.15) is 5.54 Å². The molecule has 0 aliphatic rings. The molecule has 0 aromatic heterocycles. The van der Waals surface area contributed by atoms with E-state index in [-0.39, 0.29) is 0 Å². The first kappa shape index (κ1) is 6.45. The highest BCUT2D eigenvalue weighted by Crippen LogP contribution is 1.99. The average Bonchev–Trinajstić information content (AvgIpc) is 1.68. The highest BCUT2D eigenvalue weighted by molar-refractivity contribution is 4.99. The molecule has 2 nitrogen and oxygen atoms in total. The van der Waals surface area contributed by atoms with Crippen molar-refractivity contribution in [2.24, 2.45) is 5.73 Å². The second kappa shape index (κ2) is 1.94. The first-order chi connectivity index (χ1) is 3.12. The molecule has 0 aliphatic carbocycles. The van der Waals surface area contributed by atoms with Gasteiger partial charge < -0.3 is 5.73 Å². The second-order valence-electron chi connectivity index (χ2n) is 1.88. The quantitative estimate of drug-likeness (QED) is 0.490. The fourth-order valence-electron chi connectivity index (χ4n) is 0.0791. The molecule has 0 amide bonds. The number of nitrogens with zero attached hydrogens (tertiary/aromatic N) is 1. The van der Waals surface area contributed by atoms with Crippen LogP contribution in [0.2, 0.25) is 0 Å². The van der Waals surface area contributed by atoms with Crippen LogP contribution in [0, 0.1) is 11.3 Å². The largest absolute Gasteiger partial charge is 0.314 e. The lowest BCUT2D eigenvalue weighted by Crippen LogP contribution is -2.32. The number of nitriles is 1. The van der Waals surface area contributed by atoms with Crippen LogP contribution in [0.25, 0.3) is 0 Å². The van der Waals surface area contributed by atoms with Crippen LogP contribution >= 0.6 is 0 Å². The normalized spacial score (nSPS) is 17.4. The Morgan fingerprint density at radius 3 is 2.29 bits per heavy atom. The zero-order valence-corrected chi connectivity index (χ0v) is 4.73. The van der Waals surface area contributed by atoms with Gasteiger partial charge in [0, 0.05) is 0 Å². The standard InChI is InChI=1S/C5H10N2/c1-3-5(2,7)4-6/h3,7H2,1-2H3/i7+1. The summed E-state index contributed by atoms with van der Waals surface area (Å²) >= 11 is 0. The van der Waals surface area contributed by atoms with Crippen molar-refractivity contribution < 1.29 is 0 Å². The maximum Gasteiger partial charge on any atom is 0.101 e. The van der Waals surface area contributed by atoms with E-state index in [1.165, 1.54) is 0 Å². The molecule has 0 aromatic rings. The van der Waals surface area contributed by atoms with Crippen LogP contribution in [0.15, 0.2) is 0 Å². The lowest BCUT2D eigenvalue weighted by molar-refractivity contribution is 0.578. The van der Waals surface area contributed by atoms with Crippen molar-refractivity contribution in [1.29, 1.82) is 5.26 Å². The third kappa shape index (κ3) is 2.18. The number of hydrogen-bond donors (Lipinski definition) is 1. The van der Waals surface area contributed by atoms with Gasteiger partial charge in [-0.05, 0) is 13.3 Å².